The fourth-order valence-corrected chi connectivity index (χ4v) is 1.59. The highest BCUT2D eigenvalue weighted by molar-refractivity contribution is 6.27. The van der Waals surface area contributed by atoms with Crippen molar-refractivity contribution in [2.75, 3.05) is 6.61 Å². The second kappa shape index (κ2) is 17.3. The Morgan fingerprint density at radius 1 is 1.50 bits per heavy atom. The summed E-state index contributed by atoms with van der Waals surface area (Å²) in [4.78, 5) is 0. The van der Waals surface area contributed by atoms with E-state index in [-0.39, 0.29) is 0 Å². The topological polar surface area (TPSA) is 18.5 Å². The minimum atomic E-state index is -0.545. The van der Waals surface area contributed by atoms with Crippen molar-refractivity contribution in [3.05, 3.63) is 12.7 Å². The van der Waals surface area contributed by atoms with Crippen molar-refractivity contribution in [1.82, 2.24) is 0 Å². The predicted octanol–water partition coefficient (Wildman–Crippen LogP) is 0.681. The smallest absolute Gasteiger partial charge is 0.293 e. The molecule has 74 valence electrons. The van der Waals surface area contributed by atoms with Crippen LogP contribution in [0, 0.1) is 0 Å². The standard InChI is InChI=1S/C5H16O2Si2.C3H6/c1-2-3-4-5-6-9-7-8;1-3-2/h2-5,9H2,1,8H3;3H,1H2,2H3. The average Bonchev–Trinajstić information content (AvgIpc) is 2.06. The number of unbranched alkanes of at least 4 members (excludes halogenated alkanes) is 2. The second-order valence-electron chi connectivity index (χ2n) is 2.43. The van der Waals surface area contributed by atoms with Crippen LogP contribution in [0.2, 0.25) is 0 Å². The summed E-state index contributed by atoms with van der Waals surface area (Å²) in [7, 11) is 0.300. The van der Waals surface area contributed by atoms with Gasteiger partial charge in [-0.25, -0.2) is 0 Å². The van der Waals surface area contributed by atoms with Crippen molar-refractivity contribution < 1.29 is 8.54 Å². The van der Waals surface area contributed by atoms with Gasteiger partial charge in [-0.3, -0.25) is 0 Å². The van der Waals surface area contributed by atoms with Crippen LogP contribution in [0.4, 0.5) is 0 Å². The first-order valence-electron chi connectivity index (χ1n) is 4.47. The van der Waals surface area contributed by atoms with Crippen molar-refractivity contribution >= 4 is 20.5 Å². The summed E-state index contributed by atoms with van der Waals surface area (Å²) in [6.45, 7) is 8.36. The fourth-order valence-electron chi connectivity index (χ4n) is 0.596. The molecule has 0 heterocycles. The van der Waals surface area contributed by atoms with E-state index in [4.69, 9.17) is 8.54 Å². The number of rotatable bonds is 6. The highest BCUT2D eigenvalue weighted by Crippen LogP contribution is 1.92. The molecule has 0 saturated heterocycles. The third-order valence-electron chi connectivity index (χ3n) is 1.09. The molecule has 0 saturated carbocycles. The van der Waals surface area contributed by atoms with Crippen LogP contribution < -0.4 is 0 Å². The van der Waals surface area contributed by atoms with Crippen LogP contribution in [0.1, 0.15) is 33.1 Å². The van der Waals surface area contributed by atoms with Gasteiger partial charge >= 0.3 is 0 Å². The molecular weight excluding hydrogens is 184 g/mol. The molecule has 0 bridgehead atoms. The Kier molecular flexibility index (Phi) is 21.0. The summed E-state index contributed by atoms with van der Waals surface area (Å²) >= 11 is 0. The molecule has 4 heteroatoms. The van der Waals surface area contributed by atoms with Crippen LogP contribution in [0.15, 0.2) is 12.7 Å². The molecule has 12 heavy (non-hydrogen) atoms. The maximum atomic E-state index is 5.24. The summed E-state index contributed by atoms with van der Waals surface area (Å²) in [5, 5.41) is 0. The zero-order valence-corrected chi connectivity index (χ0v) is 12.1. The van der Waals surface area contributed by atoms with E-state index < -0.39 is 10.0 Å². The van der Waals surface area contributed by atoms with Crippen LogP contribution in [0.3, 0.4) is 0 Å². The van der Waals surface area contributed by atoms with Crippen LogP contribution in [0.25, 0.3) is 0 Å². The highest BCUT2D eigenvalue weighted by atomic mass is 28.3. The molecule has 2 nitrogen and oxygen atoms in total. The van der Waals surface area contributed by atoms with Crippen molar-refractivity contribution in [2.24, 2.45) is 0 Å². The van der Waals surface area contributed by atoms with Gasteiger partial charge in [0.2, 0.25) is 0 Å². The quantitative estimate of drug-likeness (QED) is 0.361. The molecular formula is C8H22O2Si2. The van der Waals surface area contributed by atoms with Gasteiger partial charge in [0.1, 0.15) is 10.5 Å². The van der Waals surface area contributed by atoms with Crippen molar-refractivity contribution in [1.29, 1.82) is 0 Å². The Bertz CT molecular complexity index is 73.5. The normalized spacial score (nSPS) is 9.83. The first kappa shape index (κ1) is 14.6. The zero-order chi connectivity index (χ0) is 9.66. The van der Waals surface area contributed by atoms with Gasteiger partial charge in [-0.15, -0.1) is 6.58 Å². The van der Waals surface area contributed by atoms with E-state index in [2.05, 4.69) is 13.5 Å². The summed E-state index contributed by atoms with van der Waals surface area (Å²) in [5.41, 5.74) is 0. The fraction of sp³-hybridized carbons (Fsp3) is 0.750. The lowest BCUT2D eigenvalue weighted by atomic mass is 10.3. The SMILES string of the molecule is C=CC.CCCCCO[SiH2]O[SiH3]. The van der Waals surface area contributed by atoms with Crippen molar-refractivity contribution in [3.8, 4) is 0 Å². The van der Waals surface area contributed by atoms with Crippen molar-refractivity contribution in [2.45, 2.75) is 33.1 Å². The van der Waals surface area contributed by atoms with E-state index in [0.717, 1.165) is 17.1 Å². The molecule has 0 radical (unpaired) electrons. The molecule has 0 aromatic rings. The molecule has 0 fully saturated rings. The van der Waals surface area contributed by atoms with Crippen LogP contribution >= 0.6 is 0 Å². The monoisotopic (exact) mass is 206 g/mol. The van der Waals surface area contributed by atoms with E-state index in [1.54, 1.807) is 6.08 Å². The molecule has 0 aliphatic carbocycles. The Labute approximate surface area is 82.0 Å². The maximum absolute atomic E-state index is 5.24. The minimum Gasteiger partial charge on any atom is -0.449 e. The van der Waals surface area contributed by atoms with Gasteiger partial charge in [0.25, 0.3) is 10.0 Å². The predicted molar refractivity (Wildman–Crippen MR) is 60.9 cm³/mol. The largest absolute Gasteiger partial charge is 0.449 e. The van der Waals surface area contributed by atoms with Gasteiger partial charge in [0, 0.05) is 6.61 Å². The molecule has 0 aromatic heterocycles. The summed E-state index contributed by atoms with van der Waals surface area (Å²) in [5.74, 6) is 0. The van der Waals surface area contributed by atoms with Crippen molar-refractivity contribution in [3.63, 3.8) is 0 Å². The minimum absolute atomic E-state index is 0.545. The van der Waals surface area contributed by atoms with Crippen LogP contribution in [-0.2, 0) is 8.54 Å². The van der Waals surface area contributed by atoms with E-state index in [1.165, 1.54) is 19.3 Å². The summed E-state index contributed by atoms with van der Waals surface area (Å²) in [6, 6.07) is 0. The van der Waals surface area contributed by atoms with E-state index in [0.29, 0.717) is 0 Å². The van der Waals surface area contributed by atoms with E-state index in [1.807, 2.05) is 6.92 Å². The molecule has 0 spiro atoms. The van der Waals surface area contributed by atoms with Gasteiger partial charge in [-0.2, -0.15) is 0 Å². The molecule has 0 aliphatic rings. The lowest BCUT2D eigenvalue weighted by Gasteiger charge is -1.99. The Morgan fingerprint density at radius 2 is 2.08 bits per heavy atom. The molecule has 0 aromatic carbocycles. The van der Waals surface area contributed by atoms with Crippen LogP contribution in [0.5, 0.6) is 0 Å². The Hall–Kier alpha value is 0.0938. The molecule has 0 aliphatic heterocycles. The first-order valence-corrected chi connectivity index (χ1v) is 6.44. The van der Waals surface area contributed by atoms with Crippen LogP contribution in [-0.4, -0.2) is 27.1 Å². The Morgan fingerprint density at radius 3 is 2.50 bits per heavy atom. The third-order valence-corrected chi connectivity index (χ3v) is 2.49. The first-order chi connectivity index (χ1) is 5.83. The highest BCUT2D eigenvalue weighted by Gasteiger charge is 1.85. The van der Waals surface area contributed by atoms with Gasteiger partial charge in [-0.1, -0.05) is 25.8 Å². The van der Waals surface area contributed by atoms with E-state index in [9.17, 15) is 0 Å². The van der Waals surface area contributed by atoms with Gasteiger partial charge in [-0.05, 0) is 13.3 Å². The number of allylic oxidation sites excluding steroid dienone is 1. The molecule has 0 N–H and O–H groups in total. The maximum Gasteiger partial charge on any atom is 0.293 e. The van der Waals surface area contributed by atoms with E-state index >= 15 is 0 Å². The lowest BCUT2D eigenvalue weighted by Crippen LogP contribution is -2.03. The van der Waals surface area contributed by atoms with Gasteiger partial charge < -0.3 is 8.54 Å². The second-order valence-corrected chi connectivity index (χ2v) is 5.38. The number of hydrogen-bond donors (Lipinski definition) is 0. The lowest BCUT2D eigenvalue weighted by molar-refractivity contribution is 0.285. The third kappa shape index (κ3) is 22.5. The molecule has 0 atom stereocenters. The molecule has 0 rings (SSSR count). The average molecular weight is 206 g/mol. The zero-order valence-electron chi connectivity index (χ0n) is 8.64. The molecule has 0 amide bonds. The summed E-state index contributed by atoms with van der Waals surface area (Å²) in [6.07, 6.45) is 5.51. The number of hydrogen-bond acceptors (Lipinski definition) is 2. The molecule has 0 unspecified atom stereocenters. The van der Waals surface area contributed by atoms with Gasteiger partial charge in [0.05, 0.1) is 0 Å². The summed E-state index contributed by atoms with van der Waals surface area (Å²) < 4.78 is 10.2. The van der Waals surface area contributed by atoms with Gasteiger partial charge in [0.15, 0.2) is 0 Å². The Balaban J connectivity index is 0.